The Morgan fingerprint density at radius 2 is 1.22 bits per heavy atom. The van der Waals surface area contributed by atoms with Crippen LogP contribution in [0.1, 0.15) is 0 Å². The average Bonchev–Trinajstić information content (AvgIpc) is 3.87. The maximum atomic E-state index is 6.75. The summed E-state index contributed by atoms with van der Waals surface area (Å²) in [5.41, 5.74) is 9.02. The van der Waals surface area contributed by atoms with E-state index < -0.39 is 0 Å². The lowest BCUT2D eigenvalue weighted by Crippen LogP contribution is -1.96. The topological polar surface area (TPSA) is 44.1 Å². The lowest BCUT2D eigenvalue weighted by atomic mass is 9.99. The van der Waals surface area contributed by atoms with E-state index in [0.717, 1.165) is 87.5 Å². The molecule has 0 bridgehead atoms. The minimum absolute atomic E-state index is 0.884. The lowest BCUT2D eigenvalue weighted by molar-refractivity contribution is 0.669. The minimum atomic E-state index is 0.884. The molecule has 0 amide bonds. The van der Waals surface area contributed by atoms with Crippen LogP contribution in [0.4, 0.5) is 0 Å². The molecular formula is C41H22N2O2S. The van der Waals surface area contributed by atoms with E-state index in [1.165, 1.54) is 15.5 Å². The van der Waals surface area contributed by atoms with Crippen LogP contribution in [0.25, 0.3) is 103 Å². The van der Waals surface area contributed by atoms with Crippen molar-refractivity contribution in [3.05, 3.63) is 133 Å². The van der Waals surface area contributed by atoms with Crippen molar-refractivity contribution in [2.24, 2.45) is 0 Å². The van der Waals surface area contributed by atoms with E-state index in [1.54, 1.807) is 11.3 Å². The van der Waals surface area contributed by atoms with Crippen molar-refractivity contribution in [2.45, 2.75) is 0 Å². The number of furan rings is 2. The Morgan fingerprint density at radius 3 is 2.11 bits per heavy atom. The highest BCUT2D eigenvalue weighted by Crippen LogP contribution is 2.46. The fraction of sp³-hybridized carbons (Fsp3) is 0. The smallest absolute Gasteiger partial charge is 0.145 e. The molecule has 0 aliphatic heterocycles. The summed E-state index contributed by atoms with van der Waals surface area (Å²) in [5, 5.41) is 10.1. The normalized spacial score (nSPS) is 12.3. The molecule has 4 nitrogen and oxygen atoms in total. The van der Waals surface area contributed by atoms with Crippen molar-refractivity contribution < 1.29 is 8.83 Å². The molecule has 0 atom stereocenters. The predicted octanol–water partition coefficient (Wildman–Crippen LogP) is 12.0. The quantitative estimate of drug-likeness (QED) is 0.197. The number of thiazole rings is 1. The van der Waals surface area contributed by atoms with Gasteiger partial charge in [-0.05, 0) is 66.0 Å². The van der Waals surface area contributed by atoms with Crippen LogP contribution in [-0.4, -0.2) is 9.55 Å². The SMILES string of the molecule is c1ccc2sc(-c3ccc(-n4c5ccccc5c5c6c(ccc54)oc4ccccc46)c4c3ccc3c5ccccc5oc34)nc2c1. The van der Waals surface area contributed by atoms with Gasteiger partial charge in [0.15, 0.2) is 0 Å². The highest BCUT2D eigenvalue weighted by Gasteiger charge is 2.23. The van der Waals surface area contributed by atoms with Crippen LogP contribution in [0, 0.1) is 0 Å². The van der Waals surface area contributed by atoms with E-state index in [-0.39, 0.29) is 0 Å². The summed E-state index contributed by atoms with van der Waals surface area (Å²) in [6.07, 6.45) is 0. The summed E-state index contributed by atoms with van der Waals surface area (Å²) in [6.45, 7) is 0. The summed E-state index contributed by atoms with van der Waals surface area (Å²) in [6, 6.07) is 46.9. The summed E-state index contributed by atoms with van der Waals surface area (Å²) in [5.74, 6) is 0. The van der Waals surface area contributed by atoms with Gasteiger partial charge in [-0.15, -0.1) is 11.3 Å². The Labute approximate surface area is 265 Å². The highest BCUT2D eigenvalue weighted by molar-refractivity contribution is 7.21. The van der Waals surface area contributed by atoms with Crippen molar-refractivity contribution >= 4 is 98.0 Å². The third kappa shape index (κ3) is 3.14. The molecule has 0 aliphatic rings. The van der Waals surface area contributed by atoms with Gasteiger partial charge in [0.1, 0.15) is 27.3 Å². The number of nitrogens with zero attached hydrogens (tertiary/aromatic N) is 2. The lowest BCUT2D eigenvalue weighted by Gasteiger charge is -2.14. The number of para-hydroxylation sites is 4. The third-order valence-corrected chi connectivity index (χ3v) is 10.5. The van der Waals surface area contributed by atoms with Gasteiger partial charge in [0.25, 0.3) is 0 Å². The molecule has 4 aromatic heterocycles. The van der Waals surface area contributed by atoms with Crippen molar-refractivity contribution in [2.75, 3.05) is 0 Å². The first-order valence-electron chi connectivity index (χ1n) is 15.4. The molecule has 0 N–H and O–H groups in total. The second kappa shape index (κ2) is 8.84. The monoisotopic (exact) mass is 606 g/mol. The standard InChI is InChI=1S/C41H22N2O2S/c1-5-13-30-27(10-1)37-31(21-22-35-39(37)28-11-3-7-15-34(28)44-35)43(30)32-20-19-26(41-42-29-12-4-8-16-36(29)46-41)24-17-18-25-23-9-2-6-14-33(23)45-40(25)38(24)32/h1-22H. The Morgan fingerprint density at radius 1 is 0.478 bits per heavy atom. The number of fused-ring (bicyclic) bond motifs is 13. The zero-order chi connectivity index (χ0) is 29.9. The molecule has 0 saturated heterocycles. The average molecular weight is 607 g/mol. The third-order valence-electron chi connectivity index (χ3n) is 9.44. The van der Waals surface area contributed by atoms with Crippen LogP contribution >= 0.6 is 11.3 Å². The van der Waals surface area contributed by atoms with E-state index in [9.17, 15) is 0 Å². The molecule has 11 rings (SSSR count). The van der Waals surface area contributed by atoms with Crippen LogP contribution < -0.4 is 0 Å². The van der Waals surface area contributed by atoms with Gasteiger partial charge in [-0.3, -0.25) is 0 Å². The van der Waals surface area contributed by atoms with Gasteiger partial charge < -0.3 is 13.4 Å². The maximum absolute atomic E-state index is 6.75. The van der Waals surface area contributed by atoms with E-state index in [2.05, 4.69) is 114 Å². The Bertz CT molecular complexity index is 3010. The fourth-order valence-electron chi connectivity index (χ4n) is 7.50. The first-order chi connectivity index (χ1) is 22.8. The first kappa shape index (κ1) is 24.4. The fourth-order valence-corrected chi connectivity index (χ4v) is 8.50. The van der Waals surface area contributed by atoms with Gasteiger partial charge in [0.05, 0.1) is 26.9 Å². The van der Waals surface area contributed by atoms with Crippen molar-refractivity contribution in [1.29, 1.82) is 0 Å². The Balaban J connectivity index is 1.33. The first-order valence-corrected chi connectivity index (χ1v) is 16.2. The number of aromatic nitrogens is 2. The van der Waals surface area contributed by atoms with Crippen LogP contribution in [0.3, 0.4) is 0 Å². The van der Waals surface area contributed by atoms with Crippen LogP contribution in [0.5, 0.6) is 0 Å². The molecule has 46 heavy (non-hydrogen) atoms. The molecule has 11 aromatic rings. The summed E-state index contributed by atoms with van der Waals surface area (Å²) >= 11 is 1.73. The molecule has 0 fully saturated rings. The van der Waals surface area contributed by atoms with Crippen molar-refractivity contribution in [1.82, 2.24) is 9.55 Å². The van der Waals surface area contributed by atoms with E-state index in [0.29, 0.717) is 0 Å². The second-order valence-corrected chi connectivity index (χ2v) is 12.9. The van der Waals surface area contributed by atoms with Gasteiger partial charge in [0.2, 0.25) is 0 Å². The molecule has 0 aliphatic carbocycles. The van der Waals surface area contributed by atoms with Gasteiger partial charge in [-0.1, -0.05) is 72.8 Å². The zero-order valence-corrected chi connectivity index (χ0v) is 25.1. The zero-order valence-electron chi connectivity index (χ0n) is 24.3. The molecule has 0 radical (unpaired) electrons. The van der Waals surface area contributed by atoms with Gasteiger partial charge in [0, 0.05) is 43.3 Å². The predicted molar refractivity (Wildman–Crippen MR) is 191 cm³/mol. The summed E-state index contributed by atoms with van der Waals surface area (Å²) in [4.78, 5) is 5.08. The molecular weight excluding hydrogens is 585 g/mol. The minimum Gasteiger partial charge on any atom is -0.456 e. The maximum Gasteiger partial charge on any atom is 0.145 e. The van der Waals surface area contributed by atoms with Crippen molar-refractivity contribution in [3.8, 4) is 16.3 Å². The van der Waals surface area contributed by atoms with Crippen LogP contribution in [0.15, 0.2) is 142 Å². The van der Waals surface area contributed by atoms with Gasteiger partial charge in [-0.2, -0.15) is 0 Å². The number of rotatable bonds is 2. The van der Waals surface area contributed by atoms with E-state index in [1.807, 2.05) is 24.3 Å². The number of benzene rings is 7. The Kier molecular flexibility index (Phi) is 4.69. The van der Waals surface area contributed by atoms with E-state index >= 15 is 0 Å². The molecule has 0 saturated carbocycles. The van der Waals surface area contributed by atoms with Crippen LogP contribution in [-0.2, 0) is 0 Å². The van der Waals surface area contributed by atoms with Gasteiger partial charge >= 0.3 is 0 Å². The molecule has 214 valence electrons. The van der Waals surface area contributed by atoms with Crippen LogP contribution in [0.2, 0.25) is 0 Å². The largest absolute Gasteiger partial charge is 0.456 e. The molecule has 0 spiro atoms. The van der Waals surface area contributed by atoms with Gasteiger partial charge in [-0.25, -0.2) is 4.98 Å². The van der Waals surface area contributed by atoms with Crippen molar-refractivity contribution in [3.63, 3.8) is 0 Å². The second-order valence-electron chi connectivity index (χ2n) is 11.9. The summed E-state index contributed by atoms with van der Waals surface area (Å²) in [7, 11) is 0. The summed E-state index contributed by atoms with van der Waals surface area (Å²) < 4.78 is 16.7. The number of hydrogen-bond acceptors (Lipinski definition) is 4. The highest BCUT2D eigenvalue weighted by atomic mass is 32.1. The number of hydrogen-bond donors (Lipinski definition) is 0. The molecule has 5 heteroatoms. The van der Waals surface area contributed by atoms with E-state index in [4.69, 9.17) is 13.8 Å². The molecule has 0 unspecified atom stereocenters. The molecule has 4 heterocycles. The molecule has 7 aromatic carbocycles. The Hall–Kier alpha value is -5.91.